The Balaban J connectivity index is 1.72. The lowest BCUT2D eigenvalue weighted by atomic mass is 10.0. The Morgan fingerprint density at radius 3 is 2.30 bits per heavy atom. The molecule has 0 radical (unpaired) electrons. The van der Waals surface area contributed by atoms with Crippen molar-refractivity contribution in [3.8, 4) is 40.2 Å². The van der Waals surface area contributed by atoms with Gasteiger partial charge in [-0.15, -0.1) is 0 Å². The minimum Gasteiger partial charge on any atom is -0.496 e. The molecule has 0 atom stereocenters. The Morgan fingerprint density at radius 1 is 0.879 bits per heavy atom. The van der Waals surface area contributed by atoms with Crippen LogP contribution in [0.2, 0.25) is 0 Å². The molecule has 0 amide bonds. The molecular weight excluding hydrogens is 422 g/mol. The molecule has 0 aliphatic heterocycles. The normalized spacial score (nSPS) is 10.5. The van der Waals surface area contributed by atoms with Crippen LogP contribution >= 0.6 is 0 Å². The van der Waals surface area contributed by atoms with E-state index >= 15 is 0 Å². The zero-order valence-corrected chi connectivity index (χ0v) is 18.4. The lowest BCUT2D eigenvalue weighted by molar-refractivity contribution is 0.284. The molecule has 0 bridgehead atoms. The summed E-state index contributed by atoms with van der Waals surface area (Å²) in [5.41, 5.74) is 2.57. The summed E-state index contributed by atoms with van der Waals surface area (Å²) in [6.07, 6.45) is 1.41. The number of ether oxygens (including phenoxy) is 4. The van der Waals surface area contributed by atoms with Crippen molar-refractivity contribution in [2.24, 2.45) is 0 Å². The minimum atomic E-state index is -0.237. The molecule has 7 heteroatoms. The van der Waals surface area contributed by atoms with Gasteiger partial charge in [-0.05, 0) is 35.4 Å². The third-order valence-electron chi connectivity index (χ3n) is 5.22. The first-order valence-electron chi connectivity index (χ1n) is 10.1. The van der Waals surface area contributed by atoms with Crippen molar-refractivity contribution < 1.29 is 23.4 Å². The second-order valence-electron chi connectivity index (χ2n) is 7.14. The molecule has 7 nitrogen and oxygen atoms in total. The van der Waals surface area contributed by atoms with Crippen LogP contribution in [0.15, 0.2) is 70.1 Å². The summed E-state index contributed by atoms with van der Waals surface area (Å²) in [5, 5.41) is 9.27. The van der Waals surface area contributed by atoms with Gasteiger partial charge in [0, 0.05) is 12.1 Å². The van der Waals surface area contributed by atoms with E-state index in [2.05, 4.69) is 6.07 Å². The maximum Gasteiger partial charge on any atom is 0.204 e. The summed E-state index contributed by atoms with van der Waals surface area (Å²) >= 11 is 0. The van der Waals surface area contributed by atoms with Crippen molar-refractivity contribution in [2.75, 3.05) is 21.3 Å². The molecular formula is C26H21NO6. The monoisotopic (exact) mass is 443 g/mol. The first-order chi connectivity index (χ1) is 16.1. The second kappa shape index (κ2) is 9.37. The Kier molecular flexibility index (Phi) is 6.18. The fourth-order valence-electron chi connectivity index (χ4n) is 3.46. The van der Waals surface area contributed by atoms with Gasteiger partial charge in [0.05, 0.1) is 38.5 Å². The Bertz CT molecular complexity index is 1400. The number of hydrogen-bond acceptors (Lipinski definition) is 7. The molecule has 33 heavy (non-hydrogen) atoms. The number of nitrogens with zero attached hydrogens (tertiary/aromatic N) is 1. The summed E-state index contributed by atoms with van der Waals surface area (Å²) in [5.74, 6) is 1.89. The first kappa shape index (κ1) is 21.8. The van der Waals surface area contributed by atoms with E-state index in [1.54, 1.807) is 49.6 Å². The van der Waals surface area contributed by atoms with Crippen molar-refractivity contribution in [2.45, 2.75) is 6.61 Å². The molecule has 0 spiro atoms. The summed E-state index contributed by atoms with van der Waals surface area (Å²) in [7, 11) is 4.57. The predicted molar refractivity (Wildman–Crippen MR) is 123 cm³/mol. The van der Waals surface area contributed by atoms with Crippen LogP contribution in [0.3, 0.4) is 0 Å². The van der Waals surface area contributed by atoms with Gasteiger partial charge in [0.2, 0.25) is 5.43 Å². The van der Waals surface area contributed by atoms with E-state index in [9.17, 15) is 4.79 Å². The number of benzene rings is 3. The lowest BCUT2D eigenvalue weighted by Gasteiger charge is -2.13. The van der Waals surface area contributed by atoms with Crippen LogP contribution in [-0.2, 0) is 6.61 Å². The van der Waals surface area contributed by atoms with Crippen molar-refractivity contribution in [1.29, 1.82) is 5.26 Å². The molecule has 0 unspecified atom stereocenters. The topological polar surface area (TPSA) is 90.9 Å². The number of hydrogen-bond donors (Lipinski definition) is 0. The number of methoxy groups -OCH3 is 3. The molecule has 4 aromatic rings. The van der Waals surface area contributed by atoms with Crippen molar-refractivity contribution >= 4 is 11.0 Å². The lowest BCUT2D eigenvalue weighted by Crippen LogP contribution is -2.07. The summed E-state index contributed by atoms with van der Waals surface area (Å²) in [4.78, 5) is 13.3. The van der Waals surface area contributed by atoms with Gasteiger partial charge in [-0.1, -0.05) is 18.2 Å². The van der Waals surface area contributed by atoms with Gasteiger partial charge >= 0.3 is 0 Å². The molecule has 0 aliphatic carbocycles. The summed E-state index contributed by atoms with van der Waals surface area (Å²) in [6.45, 7) is 0.269. The number of nitriles is 1. The Hall–Kier alpha value is -4.44. The average Bonchev–Trinajstić information content (AvgIpc) is 2.87. The van der Waals surface area contributed by atoms with E-state index in [0.29, 0.717) is 50.7 Å². The maximum atomic E-state index is 13.3. The molecule has 0 saturated carbocycles. The Morgan fingerprint density at radius 2 is 1.64 bits per heavy atom. The molecule has 0 aliphatic rings. The minimum absolute atomic E-state index is 0.237. The second-order valence-corrected chi connectivity index (χ2v) is 7.14. The SMILES string of the molecule is COc1cc(OC)c2c(=O)c(-c3ccc(OC)c(OCc4ccc(C#N)cc4)c3)coc2c1. The van der Waals surface area contributed by atoms with E-state index in [1.807, 2.05) is 12.1 Å². The highest BCUT2D eigenvalue weighted by atomic mass is 16.5. The van der Waals surface area contributed by atoms with Gasteiger partial charge in [0.1, 0.15) is 35.3 Å². The van der Waals surface area contributed by atoms with Gasteiger partial charge in [-0.2, -0.15) is 5.26 Å². The van der Waals surface area contributed by atoms with Crippen LogP contribution in [-0.4, -0.2) is 21.3 Å². The number of fused-ring (bicyclic) bond motifs is 1. The highest BCUT2D eigenvalue weighted by Gasteiger charge is 2.17. The molecule has 0 N–H and O–H groups in total. The van der Waals surface area contributed by atoms with Crippen LogP contribution in [0.4, 0.5) is 0 Å². The summed E-state index contributed by atoms with van der Waals surface area (Å²) < 4.78 is 27.8. The van der Waals surface area contributed by atoms with Gasteiger partial charge in [-0.25, -0.2) is 0 Å². The quantitative estimate of drug-likeness (QED) is 0.400. The molecule has 3 aromatic carbocycles. The Labute approximate surface area is 190 Å². The standard InChI is InChI=1S/C26H21NO6/c1-29-19-11-23(31-3)25-24(12-19)33-15-20(26(25)28)18-8-9-21(30-2)22(10-18)32-14-17-6-4-16(13-27)5-7-17/h4-12,15H,14H2,1-3H3. The first-order valence-corrected chi connectivity index (χ1v) is 10.1. The number of rotatable bonds is 7. The fraction of sp³-hybridized carbons (Fsp3) is 0.154. The zero-order chi connectivity index (χ0) is 23.4. The highest BCUT2D eigenvalue weighted by Crippen LogP contribution is 2.35. The van der Waals surface area contributed by atoms with E-state index in [0.717, 1.165) is 5.56 Å². The highest BCUT2D eigenvalue weighted by molar-refractivity contribution is 5.88. The third kappa shape index (κ3) is 4.32. The van der Waals surface area contributed by atoms with Crippen LogP contribution in [0, 0.1) is 11.3 Å². The van der Waals surface area contributed by atoms with Gasteiger partial charge in [0.25, 0.3) is 0 Å². The van der Waals surface area contributed by atoms with Crippen LogP contribution < -0.4 is 24.4 Å². The predicted octanol–water partition coefficient (Wildman–Crippen LogP) is 4.94. The van der Waals surface area contributed by atoms with E-state index in [4.69, 9.17) is 28.6 Å². The molecule has 4 rings (SSSR count). The molecule has 0 saturated heterocycles. The molecule has 166 valence electrons. The van der Waals surface area contributed by atoms with E-state index in [-0.39, 0.29) is 12.0 Å². The fourth-order valence-corrected chi connectivity index (χ4v) is 3.46. The van der Waals surface area contributed by atoms with Gasteiger partial charge in [0.15, 0.2) is 11.5 Å². The largest absolute Gasteiger partial charge is 0.496 e. The van der Waals surface area contributed by atoms with Crippen LogP contribution in [0.5, 0.6) is 23.0 Å². The molecule has 1 heterocycles. The zero-order valence-electron chi connectivity index (χ0n) is 18.4. The maximum absolute atomic E-state index is 13.3. The molecule has 1 aromatic heterocycles. The van der Waals surface area contributed by atoms with Crippen LogP contribution in [0.25, 0.3) is 22.1 Å². The smallest absolute Gasteiger partial charge is 0.204 e. The van der Waals surface area contributed by atoms with Crippen molar-refractivity contribution in [3.63, 3.8) is 0 Å². The third-order valence-corrected chi connectivity index (χ3v) is 5.22. The van der Waals surface area contributed by atoms with Gasteiger partial charge < -0.3 is 23.4 Å². The average molecular weight is 443 g/mol. The summed E-state index contributed by atoms with van der Waals surface area (Å²) in [6, 6.07) is 17.7. The van der Waals surface area contributed by atoms with E-state index in [1.165, 1.54) is 20.5 Å². The molecule has 0 fully saturated rings. The van der Waals surface area contributed by atoms with Gasteiger partial charge in [-0.3, -0.25) is 4.79 Å². The van der Waals surface area contributed by atoms with Crippen molar-refractivity contribution in [1.82, 2.24) is 0 Å². The van der Waals surface area contributed by atoms with E-state index < -0.39 is 0 Å². The van der Waals surface area contributed by atoms with Crippen LogP contribution in [0.1, 0.15) is 11.1 Å². The van der Waals surface area contributed by atoms with Crippen molar-refractivity contribution in [3.05, 3.63) is 82.2 Å².